The van der Waals surface area contributed by atoms with E-state index in [1.165, 1.54) is 12.8 Å². The molecular formula is C12H20N2O2. The van der Waals surface area contributed by atoms with Gasteiger partial charge in [0.25, 0.3) is 0 Å². The highest BCUT2D eigenvalue weighted by atomic mass is 16.5. The number of nitrogens with zero attached hydrogens (tertiary/aromatic N) is 2. The van der Waals surface area contributed by atoms with Gasteiger partial charge in [0.15, 0.2) is 5.76 Å². The van der Waals surface area contributed by atoms with Crippen molar-refractivity contribution in [1.29, 1.82) is 0 Å². The van der Waals surface area contributed by atoms with E-state index in [1.54, 1.807) is 0 Å². The van der Waals surface area contributed by atoms with Crippen molar-refractivity contribution in [3.05, 3.63) is 17.5 Å². The molecule has 1 aliphatic heterocycles. The SMILES string of the molecule is Cc1cc(CN2CCCC2CC(C)O)on1. The molecule has 1 aromatic heterocycles. The predicted octanol–water partition coefficient (Wildman–Crippen LogP) is 1.72. The van der Waals surface area contributed by atoms with Crippen LogP contribution in [-0.4, -0.2) is 33.9 Å². The van der Waals surface area contributed by atoms with Crippen LogP contribution in [-0.2, 0) is 6.54 Å². The molecule has 1 saturated heterocycles. The molecule has 2 atom stereocenters. The molecule has 1 aromatic rings. The molecule has 0 amide bonds. The minimum atomic E-state index is -0.220. The Bertz CT molecular complexity index is 336. The lowest BCUT2D eigenvalue weighted by Crippen LogP contribution is -2.31. The van der Waals surface area contributed by atoms with Crippen molar-refractivity contribution >= 4 is 0 Å². The zero-order chi connectivity index (χ0) is 11.5. The quantitative estimate of drug-likeness (QED) is 0.846. The summed E-state index contributed by atoms with van der Waals surface area (Å²) in [6.45, 7) is 5.70. The molecule has 0 bridgehead atoms. The largest absolute Gasteiger partial charge is 0.393 e. The van der Waals surface area contributed by atoms with Crippen molar-refractivity contribution in [2.75, 3.05) is 6.54 Å². The van der Waals surface area contributed by atoms with Crippen molar-refractivity contribution in [3.63, 3.8) is 0 Å². The van der Waals surface area contributed by atoms with Gasteiger partial charge in [0.1, 0.15) is 0 Å². The van der Waals surface area contributed by atoms with Crippen LogP contribution >= 0.6 is 0 Å². The van der Waals surface area contributed by atoms with Crippen LogP contribution in [0, 0.1) is 6.92 Å². The van der Waals surface area contributed by atoms with E-state index in [2.05, 4.69) is 10.1 Å². The van der Waals surface area contributed by atoms with Gasteiger partial charge < -0.3 is 9.63 Å². The van der Waals surface area contributed by atoms with Crippen molar-refractivity contribution in [2.45, 2.75) is 51.8 Å². The summed E-state index contributed by atoms with van der Waals surface area (Å²) >= 11 is 0. The molecule has 0 radical (unpaired) electrons. The Balaban J connectivity index is 1.93. The molecule has 0 saturated carbocycles. The Morgan fingerprint density at radius 2 is 2.50 bits per heavy atom. The summed E-state index contributed by atoms with van der Waals surface area (Å²) in [5.41, 5.74) is 0.932. The fraction of sp³-hybridized carbons (Fsp3) is 0.750. The lowest BCUT2D eigenvalue weighted by atomic mass is 10.1. The number of rotatable bonds is 4. The van der Waals surface area contributed by atoms with Crippen molar-refractivity contribution in [3.8, 4) is 0 Å². The molecule has 4 heteroatoms. The summed E-state index contributed by atoms with van der Waals surface area (Å²) in [6, 6.07) is 2.47. The molecule has 2 unspecified atom stereocenters. The van der Waals surface area contributed by atoms with Gasteiger partial charge in [-0.25, -0.2) is 0 Å². The summed E-state index contributed by atoms with van der Waals surface area (Å²) in [6.07, 6.45) is 3.03. The first-order valence-electron chi connectivity index (χ1n) is 5.99. The first-order chi connectivity index (χ1) is 7.65. The Morgan fingerprint density at radius 3 is 3.12 bits per heavy atom. The summed E-state index contributed by atoms with van der Waals surface area (Å²) in [5, 5.41) is 13.3. The van der Waals surface area contributed by atoms with Crippen LogP contribution in [0.1, 0.15) is 37.6 Å². The molecule has 1 N–H and O–H groups in total. The van der Waals surface area contributed by atoms with Crippen LogP contribution < -0.4 is 0 Å². The highest BCUT2D eigenvalue weighted by Crippen LogP contribution is 2.23. The normalized spacial score (nSPS) is 23.8. The van der Waals surface area contributed by atoms with Crippen LogP contribution in [0.25, 0.3) is 0 Å². The summed E-state index contributed by atoms with van der Waals surface area (Å²) in [7, 11) is 0. The smallest absolute Gasteiger partial charge is 0.150 e. The first-order valence-corrected chi connectivity index (χ1v) is 5.99. The monoisotopic (exact) mass is 224 g/mol. The van der Waals surface area contributed by atoms with Gasteiger partial charge in [0, 0.05) is 12.1 Å². The zero-order valence-electron chi connectivity index (χ0n) is 10.0. The van der Waals surface area contributed by atoms with Gasteiger partial charge >= 0.3 is 0 Å². The average Bonchev–Trinajstić information content (AvgIpc) is 2.77. The molecule has 2 heterocycles. The molecule has 1 fully saturated rings. The van der Waals surface area contributed by atoms with E-state index in [1.807, 2.05) is 19.9 Å². The highest BCUT2D eigenvalue weighted by molar-refractivity contribution is 5.03. The fourth-order valence-corrected chi connectivity index (χ4v) is 2.45. The van der Waals surface area contributed by atoms with Gasteiger partial charge in [-0.3, -0.25) is 4.90 Å². The fourth-order valence-electron chi connectivity index (χ4n) is 2.45. The molecular weight excluding hydrogens is 204 g/mol. The summed E-state index contributed by atoms with van der Waals surface area (Å²) in [4.78, 5) is 2.38. The number of hydrogen-bond donors (Lipinski definition) is 1. The maximum Gasteiger partial charge on any atom is 0.150 e. The van der Waals surface area contributed by atoms with Crippen LogP contribution in [0.15, 0.2) is 10.6 Å². The second-order valence-electron chi connectivity index (χ2n) is 4.79. The minimum absolute atomic E-state index is 0.220. The van der Waals surface area contributed by atoms with Gasteiger partial charge in [-0.05, 0) is 39.7 Å². The molecule has 0 aliphatic carbocycles. The van der Waals surface area contributed by atoms with E-state index < -0.39 is 0 Å². The van der Waals surface area contributed by atoms with Crippen LogP contribution in [0.3, 0.4) is 0 Å². The van der Waals surface area contributed by atoms with Crippen molar-refractivity contribution in [2.24, 2.45) is 0 Å². The van der Waals surface area contributed by atoms with Gasteiger partial charge in [-0.2, -0.15) is 0 Å². The van der Waals surface area contributed by atoms with Crippen LogP contribution in [0.4, 0.5) is 0 Å². The van der Waals surface area contributed by atoms with E-state index in [0.29, 0.717) is 6.04 Å². The molecule has 90 valence electrons. The second kappa shape index (κ2) is 4.97. The Labute approximate surface area is 96.2 Å². The Hall–Kier alpha value is -0.870. The number of aryl methyl sites for hydroxylation is 1. The van der Waals surface area contributed by atoms with E-state index in [-0.39, 0.29) is 6.10 Å². The number of hydrogen-bond acceptors (Lipinski definition) is 4. The maximum absolute atomic E-state index is 9.44. The highest BCUT2D eigenvalue weighted by Gasteiger charge is 2.26. The molecule has 2 rings (SSSR count). The topological polar surface area (TPSA) is 49.5 Å². The van der Waals surface area contributed by atoms with E-state index in [4.69, 9.17) is 4.52 Å². The average molecular weight is 224 g/mol. The maximum atomic E-state index is 9.44. The van der Waals surface area contributed by atoms with Crippen molar-refractivity contribution < 1.29 is 9.63 Å². The van der Waals surface area contributed by atoms with Crippen LogP contribution in [0.2, 0.25) is 0 Å². The first kappa shape index (κ1) is 11.6. The van der Waals surface area contributed by atoms with Gasteiger partial charge in [-0.1, -0.05) is 5.16 Å². The molecule has 1 aliphatic rings. The third-order valence-corrected chi connectivity index (χ3v) is 3.15. The zero-order valence-corrected chi connectivity index (χ0v) is 10.0. The van der Waals surface area contributed by atoms with Crippen molar-refractivity contribution in [1.82, 2.24) is 10.1 Å². The summed E-state index contributed by atoms with van der Waals surface area (Å²) < 4.78 is 5.23. The Morgan fingerprint density at radius 1 is 1.69 bits per heavy atom. The molecule has 0 spiro atoms. The van der Waals surface area contributed by atoms with E-state index >= 15 is 0 Å². The number of aromatic nitrogens is 1. The molecule has 4 nitrogen and oxygen atoms in total. The number of aliphatic hydroxyl groups is 1. The van der Waals surface area contributed by atoms with E-state index in [9.17, 15) is 5.11 Å². The van der Waals surface area contributed by atoms with Crippen LogP contribution in [0.5, 0.6) is 0 Å². The lowest BCUT2D eigenvalue weighted by molar-refractivity contribution is 0.125. The van der Waals surface area contributed by atoms with Gasteiger partial charge in [0.2, 0.25) is 0 Å². The third-order valence-electron chi connectivity index (χ3n) is 3.15. The predicted molar refractivity (Wildman–Crippen MR) is 61.0 cm³/mol. The summed E-state index contributed by atoms with van der Waals surface area (Å²) in [5.74, 6) is 0.926. The Kier molecular flexibility index (Phi) is 3.61. The minimum Gasteiger partial charge on any atom is -0.393 e. The van der Waals surface area contributed by atoms with E-state index in [0.717, 1.165) is 31.0 Å². The third kappa shape index (κ3) is 2.83. The van der Waals surface area contributed by atoms with Gasteiger partial charge in [0.05, 0.1) is 18.3 Å². The standard InChI is InChI=1S/C12H20N2O2/c1-9-6-12(16-13-9)8-14-5-3-4-11(14)7-10(2)15/h6,10-11,15H,3-5,7-8H2,1-2H3. The second-order valence-corrected chi connectivity index (χ2v) is 4.79. The lowest BCUT2D eigenvalue weighted by Gasteiger charge is -2.24. The number of aliphatic hydroxyl groups excluding tert-OH is 1. The van der Waals surface area contributed by atoms with Gasteiger partial charge in [-0.15, -0.1) is 0 Å². The molecule has 16 heavy (non-hydrogen) atoms. The molecule has 0 aromatic carbocycles. The number of likely N-dealkylation sites (tertiary alicyclic amines) is 1.